The Morgan fingerprint density at radius 3 is 2.78 bits per heavy atom. The van der Waals surface area contributed by atoms with Gasteiger partial charge in [-0.05, 0) is 38.3 Å². The van der Waals surface area contributed by atoms with Gasteiger partial charge in [-0.3, -0.25) is 0 Å². The van der Waals surface area contributed by atoms with Gasteiger partial charge in [0.1, 0.15) is 0 Å². The molecule has 18 heavy (non-hydrogen) atoms. The first-order valence-corrected chi connectivity index (χ1v) is 6.49. The summed E-state index contributed by atoms with van der Waals surface area (Å²) in [6.07, 6.45) is 2.64. The summed E-state index contributed by atoms with van der Waals surface area (Å²) in [5.74, 6) is -0.354. The maximum atomic E-state index is 11.7. The number of hydrogen-bond donors (Lipinski definition) is 1. The lowest BCUT2D eigenvalue weighted by Gasteiger charge is -2.15. The highest BCUT2D eigenvalue weighted by molar-refractivity contribution is 5.89. The molecular formula is C15H21O3. The Hall–Kier alpha value is -1.35. The largest absolute Gasteiger partial charge is 0.459 e. The van der Waals surface area contributed by atoms with Crippen molar-refractivity contribution >= 4 is 5.97 Å². The number of rotatable bonds is 7. The van der Waals surface area contributed by atoms with Crippen LogP contribution >= 0.6 is 0 Å². The molecule has 0 aliphatic heterocycles. The lowest BCUT2D eigenvalue weighted by molar-refractivity contribution is 0.0280. The average Bonchev–Trinajstić information content (AvgIpc) is 2.38. The molecule has 2 atom stereocenters. The molecule has 3 nitrogen and oxygen atoms in total. The zero-order valence-electron chi connectivity index (χ0n) is 11.1. The molecule has 1 radical (unpaired) electrons. The monoisotopic (exact) mass is 249 g/mol. The molecular weight excluding hydrogens is 228 g/mol. The maximum absolute atomic E-state index is 11.7. The van der Waals surface area contributed by atoms with Gasteiger partial charge in [-0.25, -0.2) is 4.79 Å². The fourth-order valence-electron chi connectivity index (χ4n) is 1.73. The third-order valence-corrected chi connectivity index (χ3v) is 2.77. The minimum atomic E-state index is -0.354. The number of esters is 1. The fourth-order valence-corrected chi connectivity index (χ4v) is 1.73. The average molecular weight is 249 g/mol. The molecule has 1 N–H and O–H groups in total. The van der Waals surface area contributed by atoms with Crippen molar-refractivity contribution in [2.45, 2.75) is 51.7 Å². The van der Waals surface area contributed by atoms with Crippen molar-refractivity contribution in [1.82, 2.24) is 0 Å². The predicted molar refractivity (Wildman–Crippen MR) is 70.3 cm³/mol. The Morgan fingerprint density at radius 1 is 1.39 bits per heavy atom. The van der Waals surface area contributed by atoms with Crippen molar-refractivity contribution in [2.75, 3.05) is 0 Å². The van der Waals surface area contributed by atoms with Crippen molar-refractivity contribution in [1.29, 1.82) is 0 Å². The van der Waals surface area contributed by atoms with Crippen LogP contribution in [0.3, 0.4) is 0 Å². The van der Waals surface area contributed by atoms with Crippen molar-refractivity contribution < 1.29 is 14.6 Å². The molecule has 0 aromatic heterocycles. The van der Waals surface area contributed by atoms with Crippen molar-refractivity contribution in [3.63, 3.8) is 0 Å². The smallest absolute Gasteiger partial charge is 0.339 e. The van der Waals surface area contributed by atoms with Crippen LogP contribution in [0.1, 0.15) is 49.9 Å². The first-order chi connectivity index (χ1) is 8.63. The summed E-state index contributed by atoms with van der Waals surface area (Å²) in [6, 6.07) is 9.79. The van der Waals surface area contributed by atoms with Crippen LogP contribution in [0, 0.1) is 6.07 Å². The molecule has 3 heteroatoms. The maximum Gasteiger partial charge on any atom is 0.339 e. The number of ether oxygens (including phenoxy) is 1. The van der Waals surface area contributed by atoms with E-state index in [4.69, 9.17) is 4.74 Å². The summed E-state index contributed by atoms with van der Waals surface area (Å²) >= 11 is 0. The summed E-state index contributed by atoms with van der Waals surface area (Å²) < 4.78 is 5.28. The predicted octanol–water partition coefficient (Wildman–Crippen LogP) is 2.97. The molecule has 1 aromatic rings. The van der Waals surface area contributed by atoms with Crippen LogP contribution in [0.4, 0.5) is 0 Å². The standard InChI is InChI=1S/C15H21O3/c1-3-7-14(16)11-10-12(2)18-15(17)13-8-5-4-6-9-13/h4-6,8,12,14,16H,3,7,10-11H2,1-2H3. The molecule has 2 unspecified atom stereocenters. The molecule has 0 aliphatic rings. The molecule has 0 amide bonds. The van der Waals surface area contributed by atoms with Crippen LogP contribution in [-0.4, -0.2) is 23.3 Å². The van der Waals surface area contributed by atoms with Crippen LogP contribution in [-0.2, 0) is 4.74 Å². The molecule has 0 fully saturated rings. The van der Waals surface area contributed by atoms with E-state index < -0.39 is 0 Å². The van der Waals surface area contributed by atoms with Crippen LogP contribution in [0.5, 0.6) is 0 Å². The minimum Gasteiger partial charge on any atom is -0.459 e. The van der Waals surface area contributed by atoms with Gasteiger partial charge in [0.25, 0.3) is 0 Å². The van der Waals surface area contributed by atoms with Crippen LogP contribution in [0.15, 0.2) is 24.3 Å². The third-order valence-electron chi connectivity index (χ3n) is 2.77. The van der Waals surface area contributed by atoms with Crippen LogP contribution in [0.2, 0.25) is 0 Å². The van der Waals surface area contributed by atoms with Gasteiger partial charge in [0, 0.05) is 0 Å². The number of carbonyl (C=O) groups is 1. The Bertz CT molecular complexity index is 348. The number of carbonyl (C=O) groups excluding carboxylic acids is 1. The molecule has 0 bridgehead atoms. The lowest BCUT2D eigenvalue weighted by Crippen LogP contribution is -2.17. The topological polar surface area (TPSA) is 46.5 Å². The van der Waals surface area contributed by atoms with Crippen molar-refractivity contribution in [3.8, 4) is 0 Å². The summed E-state index contributed by atoms with van der Waals surface area (Å²) in [5.41, 5.74) is 0.443. The number of hydrogen-bond acceptors (Lipinski definition) is 3. The molecule has 0 heterocycles. The zero-order valence-corrected chi connectivity index (χ0v) is 11.1. The van der Waals surface area contributed by atoms with Gasteiger partial charge in [0.05, 0.1) is 17.8 Å². The molecule has 0 aliphatic carbocycles. The van der Waals surface area contributed by atoms with Gasteiger partial charge >= 0.3 is 5.97 Å². The van der Waals surface area contributed by atoms with Gasteiger partial charge in [0.15, 0.2) is 0 Å². The highest BCUT2D eigenvalue weighted by atomic mass is 16.5. The Balaban J connectivity index is 2.32. The van der Waals surface area contributed by atoms with E-state index in [0.29, 0.717) is 18.4 Å². The quantitative estimate of drug-likeness (QED) is 0.756. The Kier molecular flexibility index (Phi) is 6.44. The van der Waals surface area contributed by atoms with Crippen LogP contribution in [0.25, 0.3) is 0 Å². The van der Waals surface area contributed by atoms with Gasteiger partial charge in [0.2, 0.25) is 0 Å². The van der Waals surface area contributed by atoms with Crippen molar-refractivity contribution in [3.05, 3.63) is 35.9 Å². The van der Waals surface area contributed by atoms with E-state index in [1.54, 1.807) is 24.3 Å². The summed E-state index contributed by atoms with van der Waals surface area (Å²) in [4.78, 5) is 11.7. The van der Waals surface area contributed by atoms with E-state index in [2.05, 4.69) is 6.07 Å². The number of aliphatic hydroxyl groups is 1. The highest BCUT2D eigenvalue weighted by Gasteiger charge is 2.13. The summed E-state index contributed by atoms with van der Waals surface area (Å²) in [5, 5.41) is 9.60. The van der Waals surface area contributed by atoms with E-state index in [9.17, 15) is 9.90 Å². The second-order valence-corrected chi connectivity index (χ2v) is 4.51. The van der Waals surface area contributed by atoms with E-state index in [0.717, 1.165) is 12.8 Å². The van der Waals surface area contributed by atoms with Gasteiger partial charge in [-0.15, -0.1) is 0 Å². The first-order valence-electron chi connectivity index (χ1n) is 6.49. The molecule has 0 saturated heterocycles. The van der Waals surface area contributed by atoms with Crippen molar-refractivity contribution in [2.24, 2.45) is 0 Å². The van der Waals surface area contributed by atoms with E-state index in [1.165, 1.54) is 0 Å². The van der Waals surface area contributed by atoms with Gasteiger partial charge < -0.3 is 9.84 Å². The molecule has 0 spiro atoms. The second kappa shape index (κ2) is 7.88. The van der Waals surface area contributed by atoms with E-state index in [-0.39, 0.29) is 18.2 Å². The number of benzene rings is 1. The molecule has 1 rings (SSSR count). The zero-order chi connectivity index (χ0) is 13.4. The minimum absolute atomic E-state index is 0.183. The van der Waals surface area contributed by atoms with E-state index in [1.807, 2.05) is 13.8 Å². The Labute approximate surface area is 109 Å². The SMILES string of the molecule is CCCC(O)CCC(C)OC(=O)c1[c]cccc1. The summed E-state index contributed by atoms with van der Waals surface area (Å²) in [7, 11) is 0. The summed E-state index contributed by atoms with van der Waals surface area (Å²) in [6.45, 7) is 3.89. The number of aliphatic hydroxyl groups excluding tert-OH is 1. The normalized spacial score (nSPS) is 13.9. The van der Waals surface area contributed by atoms with Crippen LogP contribution < -0.4 is 0 Å². The fraction of sp³-hybridized carbons (Fsp3) is 0.533. The molecule has 1 aromatic carbocycles. The highest BCUT2D eigenvalue weighted by Crippen LogP contribution is 2.11. The van der Waals surface area contributed by atoms with E-state index >= 15 is 0 Å². The van der Waals surface area contributed by atoms with Gasteiger partial charge in [-0.1, -0.05) is 31.5 Å². The van der Waals surface area contributed by atoms with Gasteiger partial charge in [-0.2, -0.15) is 0 Å². The molecule has 99 valence electrons. The molecule has 0 saturated carbocycles. The first kappa shape index (κ1) is 14.7. The third kappa shape index (κ3) is 5.32. The Morgan fingerprint density at radius 2 is 2.17 bits per heavy atom. The lowest BCUT2D eigenvalue weighted by atomic mass is 10.1. The second-order valence-electron chi connectivity index (χ2n) is 4.51.